The van der Waals surface area contributed by atoms with E-state index < -0.39 is 0 Å². The molecule has 0 saturated heterocycles. The molecule has 0 saturated carbocycles. The van der Waals surface area contributed by atoms with Crippen LogP contribution in [-0.2, 0) is 0 Å². The molecule has 0 aliphatic carbocycles. The number of anilines is 1. The lowest BCUT2D eigenvalue weighted by molar-refractivity contribution is 0.102. The van der Waals surface area contributed by atoms with Crippen molar-refractivity contribution in [1.29, 1.82) is 0 Å². The van der Waals surface area contributed by atoms with Gasteiger partial charge < -0.3 is 5.32 Å². The van der Waals surface area contributed by atoms with Crippen LogP contribution in [-0.4, -0.2) is 15.9 Å². The summed E-state index contributed by atoms with van der Waals surface area (Å²) in [7, 11) is 0. The maximum atomic E-state index is 12.3. The Morgan fingerprint density at radius 3 is 2.70 bits per heavy atom. The summed E-state index contributed by atoms with van der Waals surface area (Å²) in [4.78, 5) is 20.8. The van der Waals surface area contributed by atoms with Crippen LogP contribution in [0.3, 0.4) is 0 Å². The molecule has 1 aromatic carbocycles. The summed E-state index contributed by atoms with van der Waals surface area (Å²) in [5.74, 6) is 0.325. The van der Waals surface area contributed by atoms with Crippen molar-refractivity contribution in [2.45, 2.75) is 0 Å². The molecule has 5 heteroatoms. The maximum Gasteiger partial charge on any atom is 0.259 e. The molecule has 0 aliphatic rings. The predicted molar refractivity (Wildman–Crippen MR) is 86.7 cm³/mol. The van der Waals surface area contributed by atoms with E-state index in [1.807, 2.05) is 30.3 Å². The Hall–Kier alpha value is -2.02. The fourth-order valence-electron chi connectivity index (χ4n) is 1.92. The van der Waals surface area contributed by atoms with E-state index in [0.717, 1.165) is 8.96 Å². The highest BCUT2D eigenvalue weighted by molar-refractivity contribution is 14.1. The first kappa shape index (κ1) is 13.0. The van der Waals surface area contributed by atoms with Crippen LogP contribution in [0.25, 0.3) is 10.9 Å². The highest BCUT2D eigenvalue weighted by atomic mass is 127. The molecule has 0 unspecified atom stereocenters. The minimum Gasteiger partial charge on any atom is -0.306 e. The van der Waals surface area contributed by atoms with Crippen LogP contribution in [0.15, 0.2) is 54.9 Å². The lowest BCUT2D eigenvalue weighted by Crippen LogP contribution is -2.13. The third kappa shape index (κ3) is 2.62. The van der Waals surface area contributed by atoms with Crippen LogP contribution in [0, 0.1) is 3.57 Å². The van der Waals surface area contributed by atoms with Gasteiger partial charge in [0.15, 0.2) is 0 Å². The topological polar surface area (TPSA) is 54.9 Å². The first-order chi connectivity index (χ1) is 9.74. The average Bonchev–Trinajstić information content (AvgIpc) is 2.49. The van der Waals surface area contributed by atoms with Gasteiger partial charge in [-0.2, -0.15) is 0 Å². The number of fused-ring (bicyclic) bond motifs is 1. The van der Waals surface area contributed by atoms with Crippen molar-refractivity contribution in [3.05, 3.63) is 64.0 Å². The number of amides is 1. The normalized spacial score (nSPS) is 10.4. The van der Waals surface area contributed by atoms with Crippen LogP contribution >= 0.6 is 22.6 Å². The SMILES string of the molecule is O=C(Nc1ccc(I)cn1)c1cccc2cccnc12. The molecule has 98 valence electrons. The molecule has 3 rings (SSSR count). The highest BCUT2D eigenvalue weighted by Gasteiger charge is 2.11. The zero-order chi connectivity index (χ0) is 13.9. The number of para-hydroxylation sites is 1. The standard InChI is InChI=1S/C15H10IN3O/c16-11-6-7-13(18-9-11)19-15(20)12-5-1-3-10-4-2-8-17-14(10)12/h1-9H,(H,18,19,20). The molecule has 2 heterocycles. The van der Waals surface area contributed by atoms with E-state index in [0.29, 0.717) is 16.9 Å². The number of carbonyl (C=O) groups excluding carboxylic acids is 1. The quantitative estimate of drug-likeness (QED) is 0.698. The molecule has 0 spiro atoms. The summed E-state index contributed by atoms with van der Waals surface area (Å²) in [6.07, 6.45) is 3.39. The fraction of sp³-hybridized carbons (Fsp3) is 0. The Balaban J connectivity index is 1.94. The number of pyridine rings is 2. The summed E-state index contributed by atoms with van der Waals surface area (Å²) >= 11 is 2.17. The number of benzene rings is 1. The zero-order valence-corrected chi connectivity index (χ0v) is 12.5. The minimum atomic E-state index is -0.206. The molecule has 4 nitrogen and oxygen atoms in total. The van der Waals surface area contributed by atoms with Crippen molar-refractivity contribution >= 4 is 45.2 Å². The number of rotatable bonds is 2. The molecule has 1 amide bonds. The van der Waals surface area contributed by atoms with E-state index in [1.165, 1.54) is 0 Å². The molecule has 2 aromatic heterocycles. The molecular weight excluding hydrogens is 365 g/mol. The summed E-state index contributed by atoms with van der Waals surface area (Å²) in [6.45, 7) is 0. The van der Waals surface area contributed by atoms with E-state index in [9.17, 15) is 4.79 Å². The highest BCUT2D eigenvalue weighted by Crippen LogP contribution is 2.17. The zero-order valence-electron chi connectivity index (χ0n) is 10.4. The van der Waals surface area contributed by atoms with Gasteiger partial charge in [-0.1, -0.05) is 18.2 Å². The summed E-state index contributed by atoms with van der Waals surface area (Å²) in [5.41, 5.74) is 1.24. The molecule has 0 fully saturated rings. The largest absolute Gasteiger partial charge is 0.306 e. The molecule has 3 aromatic rings. The van der Waals surface area contributed by atoms with Crippen LogP contribution in [0.5, 0.6) is 0 Å². The minimum absolute atomic E-state index is 0.206. The number of nitrogens with one attached hydrogen (secondary N) is 1. The number of nitrogens with zero attached hydrogens (tertiary/aromatic N) is 2. The molecule has 1 N–H and O–H groups in total. The van der Waals surface area contributed by atoms with E-state index in [-0.39, 0.29) is 5.91 Å². The van der Waals surface area contributed by atoms with E-state index in [4.69, 9.17) is 0 Å². The van der Waals surface area contributed by atoms with Crippen molar-refractivity contribution in [3.63, 3.8) is 0 Å². The van der Waals surface area contributed by atoms with Gasteiger partial charge in [-0.25, -0.2) is 4.98 Å². The summed E-state index contributed by atoms with van der Waals surface area (Å²) < 4.78 is 1.02. The van der Waals surface area contributed by atoms with Gasteiger partial charge in [-0.3, -0.25) is 9.78 Å². The van der Waals surface area contributed by atoms with Gasteiger partial charge in [0.05, 0.1) is 11.1 Å². The second-order valence-electron chi connectivity index (χ2n) is 4.20. The van der Waals surface area contributed by atoms with Gasteiger partial charge in [0, 0.05) is 21.4 Å². The number of hydrogen-bond donors (Lipinski definition) is 1. The van der Waals surface area contributed by atoms with Crippen molar-refractivity contribution in [3.8, 4) is 0 Å². The molecule has 0 atom stereocenters. The van der Waals surface area contributed by atoms with Crippen molar-refractivity contribution in [1.82, 2.24) is 9.97 Å². The molecular formula is C15H10IN3O. The molecule has 0 bridgehead atoms. The second-order valence-corrected chi connectivity index (χ2v) is 5.44. The van der Waals surface area contributed by atoms with E-state index in [2.05, 4.69) is 37.9 Å². The third-order valence-electron chi connectivity index (χ3n) is 2.85. The van der Waals surface area contributed by atoms with E-state index in [1.54, 1.807) is 24.5 Å². The Kier molecular flexibility index (Phi) is 3.60. The van der Waals surface area contributed by atoms with Crippen LogP contribution in [0.4, 0.5) is 5.82 Å². The third-order valence-corrected chi connectivity index (χ3v) is 3.48. The van der Waals surface area contributed by atoms with Gasteiger partial charge in [-0.05, 0) is 46.9 Å². The molecule has 20 heavy (non-hydrogen) atoms. The van der Waals surface area contributed by atoms with Gasteiger partial charge in [-0.15, -0.1) is 0 Å². The van der Waals surface area contributed by atoms with Crippen LogP contribution in [0.2, 0.25) is 0 Å². The predicted octanol–water partition coefficient (Wildman–Crippen LogP) is 3.49. The Labute approximate surface area is 129 Å². The van der Waals surface area contributed by atoms with Crippen LogP contribution < -0.4 is 5.32 Å². The van der Waals surface area contributed by atoms with Gasteiger partial charge in [0.25, 0.3) is 5.91 Å². The molecule has 0 radical (unpaired) electrons. The van der Waals surface area contributed by atoms with Gasteiger partial charge >= 0.3 is 0 Å². The number of hydrogen-bond acceptors (Lipinski definition) is 3. The summed E-state index contributed by atoms with van der Waals surface area (Å²) in [6, 6.07) is 13.0. The summed E-state index contributed by atoms with van der Waals surface area (Å²) in [5, 5.41) is 3.72. The Bertz CT molecular complexity index is 766. The Morgan fingerprint density at radius 2 is 1.90 bits per heavy atom. The lowest BCUT2D eigenvalue weighted by Gasteiger charge is -2.06. The van der Waals surface area contributed by atoms with Crippen molar-refractivity contribution in [2.24, 2.45) is 0 Å². The van der Waals surface area contributed by atoms with Gasteiger partial charge in [0.2, 0.25) is 0 Å². The number of halogens is 1. The second kappa shape index (κ2) is 5.54. The fourth-order valence-corrected chi connectivity index (χ4v) is 2.24. The Morgan fingerprint density at radius 1 is 1.05 bits per heavy atom. The molecule has 0 aliphatic heterocycles. The van der Waals surface area contributed by atoms with E-state index >= 15 is 0 Å². The first-order valence-corrected chi connectivity index (χ1v) is 7.08. The van der Waals surface area contributed by atoms with Crippen LogP contribution in [0.1, 0.15) is 10.4 Å². The van der Waals surface area contributed by atoms with Gasteiger partial charge in [0.1, 0.15) is 5.82 Å². The lowest BCUT2D eigenvalue weighted by atomic mass is 10.1. The van der Waals surface area contributed by atoms with Crippen molar-refractivity contribution in [2.75, 3.05) is 5.32 Å². The maximum absolute atomic E-state index is 12.3. The average molecular weight is 375 g/mol. The number of carbonyl (C=O) groups is 1. The smallest absolute Gasteiger partial charge is 0.259 e. The van der Waals surface area contributed by atoms with Crippen molar-refractivity contribution < 1.29 is 4.79 Å². The first-order valence-electron chi connectivity index (χ1n) is 6.01. The number of aromatic nitrogens is 2. The monoisotopic (exact) mass is 375 g/mol.